The van der Waals surface area contributed by atoms with Crippen molar-refractivity contribution in [2.24, 2.45) is 7.05 Å². The largest absolute Gasteiger partial charge is 0.497 e. The van der Waals surface area contributed by atoms with Gasteiger partial charge in [0.25, 0.3) is 0 Å². The molecule has 0 bridgehead atoms. The van der Waals surface area contributed by atoms with E-state index in [0.29, 0.717) is 22.9 Å². The molecular formula is C11H13N3O3. The average Bonchev–Trinajstić information content (AvgIpc) is 2.68. The van der Waals surface area contributed by atoms with Gasteiger partial charge in [-0.3, -0.25) is 4.98 Å². The van der Waals surface area contributed by atoms with Crippen LogP contribution in [0.5, 0.6) is 11.5 Å². The van der Waals surface area contributed by atoms with Gasteiger partial charge >= 0.3 is 5.69 Å². The third kappa shape index (κ3) is 2.01. The van der Waals surface area contributed by atoms with E-state index in [1.54, 1.807) is 39.5 Å². The van der Waals surface area contributed by atoms with E-state index in [9.17, 15) is 4.79 Å². The first-order valence-corrected chi connectivity index (χ1v) is 5.01. The zero-order valence-corrected chi connectivity index (χ0v) is 9.85. The van der Waals surface area contributed by atoms with E-state index < -0.39 is 0 Å². The fourth-order valence-corrected chi connectivity index (χ4v) is 1.52. The van der Waals surface area contributed by atoms with Crippen LogP contribution in [0.4, 0.5) is 0 Å². The highest BCUT2D eigenvalue weighted by molar-refractivity contribution is 5.65. The number of hydrogen-bond donors (Lipinski definition) is 1. The SMILES string of the molecule is COc1ccc(-c2nn(C)c(=O)[nH]2)c(OC)c1. The van der Waals surface area contributed by atoms with Crippen molar-refractivity contribution in [1.29, 1.82) is 0 Å². The molecule has 2 rings (SSSR count). The molecule has 0 aliphatic rings. The zero-order valence-electron chi connectivity index (χ0n) is 9.85. The Hall–Kier alpha value is -2.24. The van der Waals surface area contributed by atoms with E-state index in [1.807, 2.05) is 0 Å². The van der Waals surface area contributed by atoms with Crippen LogP contribution >= 0.6 is 0 Å². The van der Waals surface area contributed by atoms with Crippen LogP contribution in [0.2, 0.25) is 0 Å². The molecule has 0 fully saturated rings. The summed E-state index contributed by atoms with van der Waals surface area (Å²) in [4.78, 5) is 14.0. The lowest BCUT2D eigenvalue weighted by atomic mass is 10.2. The monoisotopic (exact) mass is 235 g/mol. The van der Waals surface area contributed by atoms with Crippen molar-refractivity contribution in [3.05, 3.63) is 28.7 Å². The first-order chi connectivity index (χ1) is 8.15. The van der Waals surface area contributed by atoms with Crippen molar-refractivity contribution in [2.45, 2.75) is 0 Å². The summed E-state index contributed by atoms with van der Waals surface area (Å²) >= 11 is 0. The molecule has 0 aliphatic heterocycles. The van der Waals surface area contributed by atoms with Gasteiger partial charge in [0.15, 0.2) is 5.82 Å². The summed E-state index contributed by atoms with van der Waals surface area (Å²) < 4.78 is 11.6. The third-order valence-corrected chi connectivity index (χ3v) is 2.43. The molecule has 6 nitrogen and oxygen atoms in total. The van der Waals surface area contributed by atoms with Gasteiger partial charge in [-0.25, -0.2) is 9.48 Å². The smallest absolute Gasteiger partial charge is 0.343 e. The van der Waals surface area contributed by atoms with Crippen LogP contribution in [-0.4, -0.2) is 29.0 Å². The summed E-state index contributed by atoms with van der Waals surface area (Å²) in [6.45, 7) is 0. The van der Waals surface area contributed by atoms with Crippen molar-refractivity contribution in [3.63, 3.8) is 0 Å². The summed E-state index contributed by atoms with van der Waals surface area (Å²) in [6, 6.07) is 5.31. The molecule has 0 saturated heterocycles. The molecule has 1 aromatic carbocycles. The van der Waals surface area contributed by atoms with E-state index in [4.69, 9.17) is 9.47 Å². The average molecular weight is 235 g/mol. The summed E-state index contributed by atoms with van der Waals surface area (Å²) in [5.74, 6) is 1.75. The lowest BCUT2D eigenvalue weighted by Gasteiger charge is -2.07. The topological polar surface area (TPSA) is 69.1 Å². The molecule has 0 amide bonds. The molecule has 2 aromatic rings. The molecule has 6 heteroatoms. The Labute approximate surface area is 97.8 Å². The van der Waals surface area contributed by atoms with Crippen LogP contribution in [-0.2, 0) is 7.05 Å². The standard InChI is InChI=1S/C11H13N3O3/c1-14-11(15)12-10(13-14)8-5-4-7(16-2)6-9(8)17-3/h4-6H,1-3H3,(H,12,13,15). The number of aromatic nitrogens is 3. The van der Waals surface area contributed by atoms with Gasteiger partial charge in [0.05, 0.1) is 19.8 Å². The summed E-state index contributed by atoms with van der Waals surface area (Å²) in [5.41, 5.74) is 0.448. The number of hydrogen-bond acceptors (Lipinski definition) is 4. The van der Waals surface area contributed by atoms with Gasteiger partial charge in [-0.15, -0.1) is 5.10 Å². The second-order valence-corrected chi connectivity index (χ2v) is 3.47. The molecule has 0 spiro atoms. The van der Waals surface area contributed by atoms with Gasteiger partial charge in [-0.05, 0) is 12.1 Å². The maximum absolute atomic E-state index is 11.3. The number of nitrogens with zero attached hydrogens (tertiary/aromatic N) is 2. The number of ether oxygens (including phenoxy) is 2. The second-order valence-electron chi connectivity index (χ2n) is 3.47. The van der Waals surface area contributed by atoms with Gasteiger partial charge in [-0.1, -0.05) is 0 Å². The highest BCUT2D eigenvalue weighted by Gasteiger charge is 2.11. The number of rotatable bonds is 3. The third-order valence-electron chi connectivity index (χ3n) is 2.43. The van der Waals surface area contributed by atoms with Crippen molar-refractivity contribution < 1.29 is 9.47 Å². The van der Waals surface area contributed by atoms with Crippen molar-refractivity contribution >= 4 is 0 Å². The molecule has 17 heavy (non-hydrogen) atoms. The predicted molar refractivity (Wildman–Crippen MR) is 62.4 cm³/mol. The first kappa shape index (κ1) is 11.3. The zero-order chi connectivity index (χ0) is 12.4. The quantitative estimate of drug-likeness (QED) is 0.854. The van der Waals surface area contributed by atoms with Crippen molar-refractivity contribution in [1.82, 2.24) is 14.8 Å². The Morgan fingerprint density at radius 1 is 1.29 bits per heavy atom. The van der Waals surface area contributed by atoms with Gasteiger partial charge in [0.2, 0.25) is 0 Å². The highest BCUT2D eigenvalue weighted by Crippen LogP contribution is 2.30. The minimum atomic E-state index is -0.266. The lowest BCUT2D eigenvalue weighted by molar-refractivity contribution is 0.395. The maximum Gasteiger partial charge on any atom is 0.343 e. The molecule has 1 heterocycles. The van der Waals surface area contributed by atoms with Gasteiger partial charge < -0.3 is 9.47 Å². The molecule has 0 unspecified atom stereocenters. The van der Waals surface area contributed by atoms with Crippen LogP contribution in [0.15, 0.2) is 23.0 Å². The molecule has 0 aliphatic carbocycles. The summed E-state index contributed by atoms with van der Waals surface area (Å²) in [6.07, 6.45) is 0. The van der Waals surface area contributed by atoms with Gasteiger partial charge in [0, 0.05) is 13.1 Å². The summed E-state index contributed by atoms with van der Waals surface area (Å²) in [7, 11) is 4.72. The minimum Gasteiger partial charge on any atom is -0.497 e. The van der Waals surface area contributed by atoms with Crippen LogP contribution in [0.1, 0.15) is 0 Å². The highest BCUT2D eigenvalue weighted by atomic mass is 16.5. The molecular weight excluding hydrogens is 222 g/mol. The van der Waals surface area contributed by atoms with E-state index in [2.05, 4.69) is 10.1 Å². The minimum absolute atomic E-state index is 0.266. The van der Waals surface area contributed by atoms with Crippen LogP contribution < -0.4 is 15.2 Å². The molecule has 0 saturated carbocycles. The Kier molecular flexibility index (Phi) is 2.86. The van der Waals surface area contributed by atoms with E-state index in [1.165, 1.54) is 4.68 Å². The Morgan fingerprint density at radius 3 is 2.59 bits per heavy atom. The molecule has 0 radical (unpaired) electrons. The number of nitrogens with one attached hydrogen (secondary N) is 1. The Bertz CT molecular complexity index is 586. The maximum atomic E-state index is 11.3. The Morgan fingerprint density at radius 2 is 2.06 bits per heavy atom. The van der Waals surface area contributed by atoms with Crippen molar-refractivity contribution in [2.75, 3.05) is 14.2 Å². The molecule has 1 N–H and O–H groups in total. The van der Waals surface area contributed by atoms with Crippen LogP contribution in [0.25, 0.3) is 11.4 Å². The van der Waals surface area contributed by atoms with E-state index in [-0.39, 0.29) is 5.69 Å². The summed E-state index contributed by atoms with van der Waals surface area (Å²) in [5, 5.41) is 4.07. The fourth-order valence-electron chi connectivity index (χ4n) is 1.52. The number of methoxy groups -OCH3 is 2. The molecule has 0 atom stereocenters. The second kappa shape index (κ2) is 4.32. The van der Waals surface area contributed by atoms with Crippen LogP contribution in [0.3, 0.4) is 0 Å². The Balaban J connectivity index is 2.54. The fraction of sp³-hybridized carbons (Fsp3) is 0.273. The van der Waals surface area contributed by atoms with Gasteiger partial charge in [0.1, 0.15) is 11.5 Å². The molecule has 90 valence electrons. The van der Waals surface area contributed by atoms with Gasteiger partial charge in [-0.2, -0.15) is 0 Å². The van der Waals surface area contributed by atoms with E-state index >= 15 is 0 Å². The predicted octanol–water partition coefficient (Wildman–Crippen LogP) is 0.793. The van der Waals surface area contributed by atoms with Crippen molar-refractivity contribution in [3.8, 4) is 22.9 Å². The molecule has 1 aromatic heterocycles. The number of aryl methyl sites for hydroxylation is 1. The van der Waals surface area contributed by atoms with E-state index in [0.717, 1.165) is 0 Å². The number of H-pyrrole nitrogens is 1. The number of benzene rings is 1. The first-order valence-electron chi connectivity index (χ1n) is 5.01. The number of aromatic amines is 1. The lowest BCUT2D eigenvalue weighted by Crippen LogP contribution is -2.13. The normalized spacial score (nSPS) is 10.3. The van der Waals surface area contributed by atoms with Crippen LogP contribution in [0, 0.1) is 0 Å².